The van der Waals surface area contributed by atoms with Crippen molar-refractivity contribution in [2.75, 3.05) is 25.1 Å². The zero-order valence-electron chi connectivity index (χ0n) is 9.47. The largest absolute Gasteiger partial charge is 0.389 e. The molecule has 1 aromatic rings. The summed E-state index contributed by atoms with van der Waals surface area (Å²) in [5.41, 5.74) is 0. The van der Waals surface area contributed by atoms with Gasteiger partial charge in [0.1, 0.15) is 11.0 Å². The monoisotopic (exact) mass is 257 g/mol. The van der Waals surface area contributed by atoms with Crippen molar-refractivity contribution in [3.8, 4) is 0 Å². The molecule has 1 atom stereocenters. The minimum Gasteiger partial charge on any atom is -0.389 e. The first kappa shape index (κ1) is 12.5. The number of aliphatic hydroxyl groups is 1. The smallest absolute Gasteiger partial charge is 0.149 e. The zero-order valence-corrected chi connectivity index (χ0v) is 10.2. The van der Waals surface area contributed by atoms with E-state index in [1.54, 1.807) is 6.20 Å². The molecule has 1 aliphatic rings. The third kappa shape index (κ3) is 4.85. The van der Waals surface area contributed by atoms with Crippen molar-refractivity contribution in [2.45, 2.75) is 18.9 Å². The number of nitrogens with one attached hydrogen (secondary N) is 1. The van der Waals surface area contributed by atoms with Crippen LogP contribution in [0.15, 0.2) is 12.4 Å². The van der Waals surface area contributed by atoms with Crippen LogP contribution in [-0.2, 0) is 4.74 Å². The Morgan fingerprint density at radius 3 is 3.06 bits per heavy atom. The second kappa shape index (κ2) is 6.14. The molecular formula is C11H16ClN3O2. The van der Waals surface area contributed by atoms with Gasteiger partial charge in [0, 0.05) is 13.2 Å². The third-order valence-corrected chi connectivity index (χ3v) is 2.67. The van der Waals surface area contributed by atoms with Gasteiger partial charge < -0.3 is 15.2 Å². The summed E-state index contributed by atoms with van der Waals surface area (Å²) in [5, 5.41) is 12.9. The van der Waals surface area contributed by atoms with Crippen LogP contribution in [0.4, 0.5) is 5.82 Å². The average molecular weight is 258 g/mol. The van der Waals surface area contributed by atoms with Gasteiger partial charge in [0.25, 0.3) is 0 Å². The molecule has 0 aromatic carbocycles. The number of anilines is 1. The van der Waals surface area contributed by atoms with Crippen LogP contribution in [0.5, 0.6) is 0 Å². The summed E-state index contributed by atoms with van der Waals surface area (Å²) in [6, 6.07) is 0. The van der Waals surface area contributed by atoms with Gasteiger partial charge in [-0.15, -0.1) is 0 Å². The number of hydrogen-bond donors (Lipinski definition) is 2. The lowest BCUT2D eigenvalue weighted by Gasteiger charge is -2.12. The van der Waals surface area contributed by atoms with E-state index in [2.05, 4.69) is 15.3 Å². The minimum atomic E-state index is -0.547. The molecule has 2 rings (SSSR count). The second-order valence-electron chi connectivity index (χ2n) is 4.24. The molecule has 1 aliphatic carbocycles. The number of nitrogens with zero attached hydrogens (tertiary/aromatic N) is 2. The van der Waals surface area contributed by atoms with Gasteiger partial charge in [-0.1, -0.05) is 11.6 Å². The van der Waals surface area contributed by atoms with Gasteiger partial charge in [-0.2, -0.15) is 0 Å². The van der Waals surface area contributed by atoms with Crippen molar-refractivity contribution in [1.82, 2.24) is 9.97 Å². The molecule has 0 aliphatic heterocycles. The first-order valence-electron chi connectivity index (χ1n) is 5.71. The normalized spacial score (nSPS) is 16.8. The van der Waals surface area contributed by atoms with Gasteiger partial charge in [-0.3, -0.25) is 4.98 Å². The number of halogens is 1. The molecule has 94 valence electrons. The van der Waals surface area contributed by atoms with Gasteiger partial charge >= 0.3 is 0 Å². The molecule has 17 heavy (non-hydrogen) atoms. The maximum Gasteiger partial charge on any atom is 0.149 e. The molecule has 2 N–H and O–H groups in total. The van der Waals surface area contributed by atoms with Gasteiger partial charge in [0.15, 0.2) is 0 Å². The summed E-state index contributed by atoms with van der Waals surface area (Å²) in [7, 11) is 0. The highest BCUT2D eigenvalue weighted by Gasteiger charge is 2.21. The Morgan fingerprint density at radius 2 is 2.35 bits per heavy atom. The lowest BCUT2D eigenvalue weighted by molar-refractivity contribution is 0.0385. The van der Waals surface area contributed by atoms with Crippen LogP contribution in [0, 0.1) is 5.92 Å². The molecule has 0 radical (unpaired) electrons. The molecule has 5 nitrogen and oxygen atoms in total. The lowest BCUT2D eigenvalue weighted by Crippen LogP contribution is -2.25. The summed E-state index contributed by atoms with van der Waals surface area (Å²) < 4.78 is 5.38. The van der Waals surface area contributed by atoms with Crippen LogP contribution in [0.1, 0.15) is 12.8 Å². The number of rotatable bonds is 7. The molecule has 6 heteroatoms. The zero-order chi connectivity index (χ0) is 12.1. The van der Waals surface area contributed by atoms with E-state index >= 15 is 0 Å². The number of aliphatic hydroxyl groups excluding tert-OH is 1. The molecule has 0 amide bonds. The Kier molecular flexibility index (Phi) is 4.53. The fraction of sp³-hybridized carbons (Fsp3) is 0.636. The maximum absolute atomic E-state index is 9.64. The van der Waals surface area contributed by atoms with Crippen LogP contribution in [0.2, 0.25) is 5.15 Å². The Hall–Kier alpha value is -0.910. The molecule has 1 aromatic heterocycles. The second-order valence-corrected chi connectivity index (χ2v) is 4.63. The first-order chi connectivity index (χ1) is 8.24. The highest BCUT2D eigenvalue weighted by atomic mass is 35.5. The van der Waals surface area contributed by atoms with Crippen LogP contribution < -0.4 is 5.32 Å². The Balaban J connectivity index is 1.62. The van der Waals surface area contributed by atoms with E-state index in [9.17, 15) is 5.11 Å². The van der Waals surface area contributed by atoms with Crippen molar-refractivity contribution in [2.24, 2.45) is 5.92 Å². The van der Waals surface area contributed by atoms with Crippen LogP contribution >= 0.6 is 11.6 Å². The first-order valence-corrected chi connectivity index (χ1v) is 6.09. The third-order valence-electron chi connectivity index (χ3n) is 2.48. The van der Waals surface area contributed by atoms with E-state index in [1.165, 1.54) is 19.0 Å². The van der Waals surface area contributed by atoms with Crippen molar-refractivity contribution >= 4 is 17.4 Å². The predicted molar refractivity (Wildman–Crippen MR) is 65.1 cm³/mol. The Morgan fingerprint density at radius 1 is 1.53 bits per heavy atom. The number of hydrogen-bond acceptors (Lipinski definition) is 5. The average Bonchev–Trinajstić information content (AvgIpc) is 3.11. The van der Waals surface area contributed by atoms with E-state index in [-0.39, 0.29) is 0 Å². The molecule has 0 saturated heterocycles. The fourth-order valence-electron chi connectivity index (χ4n) is 1.36. The van der Waals surface area contributed by atoms with E-state index in [4.69, 9.17) is 16.3 Å². The SMILES string of the molecule is OC(CNc1cncc(Cl)n1)COCC1CC1. The molecule has 1 saturated carbocycles. The Labute approximate surface area is 105 Å². The van der Waals surface area contributed by atoms with E-state index < -0.39 is 6.10 Å². The minimum absolute atomic E-state index is 0.328. The molecule has 0 bridgehead atoms. The van der Waals surface area contributed by atoms with Gasteiger partial charge in [0.05, 0.1) is 25.1 Å². The van der Waals surface area contributed by atoms with E-state index in [1.807, 2.05) is 0 Å². The molecular weight excluding hydrogens is 242 g/mol. The summed E-state index contributed by atoms with van der Waals surface area (Å²) in [6.45, 7) is 1.48. The highest BCUT2D eigenvalue weighted by molar-refractivity contribution is 6.29. The van der Waals surface area contributed by atoms with E-state index in [0.717, 1.165) is 6.61 Å². The van der Waals surface area contributed by atoms with Crippen LogP contribution in [-0.4, -0.2) is 40.9 Å². The molecule has 1 unspecified atom stereocenters. The molecule has 1 heterocycles. The van der Waals surface area contributed by atoms with Crippen molar-refractivity contribution in [3.05, 3.63) is 17.5 Å². The number of aromatic nitrogens is 2. The quantitative estimate of drug-likeness (QED) is 0.771. The summed E-state index contributed by atoms with van der Waals surface area (Å²) >= 11 is 5.68. The maximum atomic E-state index is 9.64. The predicted octanol–water partition coefficient (Wildman–Crippen LogP) is 1.33. The van der Waals surface area contributed by atoms with E-state index in [0.29, 0.717) is 30.0 Å². The van der Waals surface area contributed by atoms with Gasteiger partial charge in [-0.05, 0) is 18.8 Å². The van der Waals surface area contributed by atoms with Crippen molar-refractivity contribution < 1.29 is 9.84 Å². The van der Waals surface area contributed by atoms with Crippen molar-refractivity contribution in [1.29, 1.82) is 0 Å². The molecule has 0 spiro atoms. The Bertz CT molecular complexity index is 360. The standard InChI is InChI=1S/C11H16ClN3O2/c12-10-4-13-5-11(15-10)14-3-9(16)7-17-6-8-1-2-8/h4-5,8-9,16H,1-3,6-7H2,(H,14,15). The summed E-state index contributed by atoms with van der Waals surface area (Å²) in [5.74, 6) is 1.27. The fourth-order valence-corrected chi connectivity index (χ4v) is 1.51. The lowest BCUT2D eigenvalue weighted by atomic mass is 10.3. The van der Waals surface area contributed by atoms with Crippen LogP contribution in [0.3, 0.4) is 0 Å². The summed E-state index contributed by atoms with van der Waals surface area (Å²) in [6.07, 6.45) is 4.99. The van der Waals surface area contributed by atoms with Gasteiger partial charge in [-0.25, -0.2) is 4.98 Å². The van der Waals surface area contributed by atoms with Crippen molar-refractivity contribution in [3.63, 3.8) is 0 Å². The highest BCUT2D eigenvalue weighted by Crippen LogP contribution is 2.28. The molecule has 1 fully saturated rings. The van der Waals surface area contributed by atoms with Gasteiger partial charge in [0.2, 0.25) is 0 Å². The number of ether oxygens (including phenoxy) is 1. The topological polar surface area (TPSA) is 67.3 Å². The summed E-state index contributed by atoms with van der Waals surface area (Å²) in [4.78, 5) is 7.89. The van der Waals surface area contributed by atoms with Crippen LogP contribution in [0.25, 0.3) is 0 Å².